The number of aromatic nitrogens is 1. The zero-order valence-electron chi connectivity index (χ0n) is 13.4. The van der Waals surface area contributed by atoms with E-state index >= 15 is 0 Å². The van der Waals surface area contributed by atoms with Gasteiger partial charge in [0.2, 0.25) is 0 Å². The van der Waals surface area contributed by atoms with Crippen molar-refractivity contribution in [1.29, 1.82) is 0 Å². The fourth-order valence-corrected chi connectivity index (χ4v) is 2.93. The van der Waals surface area contributed by atoms with Gasteiger partial charge in [0, 0.05) is 10.9 Å². The maximum atomic E-state index is 9.51. The third-order valence-electron chi connectivity index (χ3n) is 4.24. The number of pyridine rings is 1. The van der Waals surface area contributed by atoms with Gasteiger partial charge in [0.25, 0.3) is 0 Å². The Hall–Kier alpha value is -3.13. The summed E-state index contributed by atoms with van der Waals surface area (Å²) < 4.78 is 0. The molecule has 0 unspecified atom stereocenters. The molecule has 1 heterocycles. The quantitative estimate of drug-likeness (QED) is 0.524. The molecule has 1 N–H and O–H groups in total. The van der Waals surface area contributed by atoms with Gasteiger partial charge in [0.05, 0.1) is 11.2 Å². The minimum absolute atomic E-state index is 0.262. The molecule has 24 heavy (non-hydrogen) atoms. The van der Waals surface area contributed by atoms with Gasteiger partial charge in [-0.25, -0.2) is 4.98 Å². The smallest absolute Gasteiger partial charge is 0.115 e. The van der Waals surface area contributed by atoms with Crippen LogP contribution in [0.3, 0.4) is 0 Å². The highest BCUT2D eigenvalue weighted by molar-refractivity contribution is 5.96. The Bertz CT molecular complexity index is 1000. The van der Waals surface area contributed by atoms with Crippen LogP contribution in [0, 0.1) is 6.92 Å². The highest BCUT2D eigenvalue weighted by Gasteiger charge is 2.09. The van der Waals surface area contributed by atoms with E-state index in [2.05, 4.69) is 43.3 Å². The maximum Gasteiger partial charge on any atom is 0.115 e. The van der Waals surface area contributed by atoms with E-state index in [9.17, 15) is 5.11 Å². The molecule has 1 aromatic heterocycles. The topological polar surface area (TPSA) is 33.1 Å². The van der Waals surface area contributed by atoms with Crippen molar-refractivity contribution in [2.24, 2.45) is 0 Å². The molecule has 0 aliphatic rings. The molecule has 0 bridgehead atoms. The predicted molar refractivity (Wildman–Crippen MR) is 99.0 cm³/mol. The molecule has 2 nitrogen and oxygen atoms in total. The molecule has 0 aliphatic carbocycles. The lowest BCUT2D eigenvalue weighted by Gasteiger charge is -2.11. The Morgan fingerprint density at radius 1 is 0.750 bits per heavy atom. The van der Waals surface area contributed by atoms with Crippen molar-refractivity contribution in [1.82, 2.24) is 4.98 Å². The second-order valence-corrected chi connectivity index (χ2v) is 5.99. The van der Waals surface area contributed by atoms with Crippen molar-refractivity contribution >= 4 is 10.9 Å². The fourth-order valence-electron chi connectivity index (χ4n) is 2.93. The molecular formula is C22H17NO. The van der Waals surface area contributed by atoms with Crippen molar-refractivity contribution < 1.29 is 5.11 Å². The molecule has 3 aromatic carbocycles. The summed E-state index contributed by atoms with van der Waals surface area (Å²) in [4.78, 5) is 4.80. The molecule has 0 spiro atoms. The zero-order chi connectivity index (χ0) is 16.5. The monoisotopic (exact) mass is 311 g/mol. The van der Waals surface area contributed by atoms with Crippen molar-refractivity contribution in [3.63, 3.8) is 0 Å². The number of phenols is 1. The molecule has 0 saturated carbocycles. The van der Waals surface area contributed by atoms with E-state index in [1.807, 2.05) is 30.3 Å². The van der Waals surface area contributed by atoms with Crippen LogP contribution in [-0.2, 0) is 0 Å². The highest BCUT2D eigenvalue weighted by Crippen LogP contribution is 2.32. The summed E-state index contributed by atoms with van der Waals surface area (Å²) >= 11 is 0. The molecule has 4 aromatic rings. The van der Waals surface area contributed by atoms with Gasteiger partial charge < -0.3 is 5.11 Å². The second kappa shape index (κ2) is 5.82. The van der Waals surface area contributed by atoms with Crippen LogP contribution in [0.25, 0.3) is 33.3 Å². The zero-order valence-corrected chi connectivity index (χ0v) is 13.4. The van der Waals surface area contributed by atoms with Gasteiger partial charge in [-0.1, -0.05) is 48.0 Å². The van der Waals surface area contributed by atoms with Gasteiger partial charge >= 0.3 is 0 Å². The standard InChI is InChI=1S/C22H17NO/c1-15-6-8-16(9-7-15)20-14-22(17-10-12-18(24)13-11-17)23-21-5-3-2-4-19(20)21/h2-14,24H,1H3. The number of phenolic OH excluding ortho intramolecular Hbond substituents is 1. The van der Waals surface area contributed by atoms with E-state index in [-0.39, 0.29) is 5.75 Å². The lowest BCUT2D eigenvalue weighted by atomic mass is 9.97. The van der Waals surface area contributed by atoms with Gasteiger partial charge in [0.15, 0.2) is 0 Å². The normalized spacial score (nSPS) is 10.9. The summed E-state index contributed by atoms with van der Waals surface area (Å²) in [5, 5.41) is 10.7. The fraction of sp³-hybridized carbons (Fsp3) is 0.0455. The largest absolute Gasteiger partial charge is 0.508 e. The van der Waals surface area contributed by atoms with E-state index in [0.717, 1.165) is 22.2 Å². The Labute approximate surface area is 141 Å². The second-order valence-electron chi connectivity index (χ2n) is 5.99. The van der Waals surface area contributed by atoms with Crippen LogP contribution >= 0.6 is 0 Å². The molecule has 0 aliphatic heterocycles. The van der Waals surface area contributed by atoms with Crippen LogP contribution in [0.4, 0.5) is 0 Å². The van der Waals surface area contributed by atoms with Crippen LogP contribution in [0.1, 0.15) is 5.56 Å². The average molecular weight is 311 g/mol. The molecular weight excluding hydrogens is 294 g/mol. The molecule has 0 fully saturated rings. The Morgan fingerprint density at radius 3 is 2.17 bits per heavy atom. The first kappa shape index (κ1) is 14.5. The van der Waals surface area contributed by atoms with Crippen molar-refractivity contribution in [2.75, 3.05) is 0 Å². The minimum atomic E-state index is 0.262. The number of para-hydroxylation sites is 1. The molecule has 0 amide bonds. The minimum Gasteiger partial charge on any atom is -0.508 e. The first-order valence-corrected chi connectivity index (χ1v) is 7.97. The van der Waals surface area contributed by atoms with Gasteiger partial charge in [-0.2, -0.15) is 0 Å². The predicted octanol–water partition coefficient (Wildman–Crippen LogP) is 5.58. The number of hydrogen-bond donors (Lipinski definition) is 1. The van der Waals surface area contributed by atoms with Gasteiger partial charge in [-0.3, -0.25) is 0 Å². The number of hydrogen-bond acceptors (Lipinski definition) is 2. The summed E-state index contributed by atoms with van der Waals surface area (Å²) in [5.41, 5.74) is 6.47. The van der Waals surface area contributed by atoms with Crippen molar-refractivity contribution in [3.8, 4) is 28.1 Å². The Morgan fingerprint density at radius 2 is 1.42 bits per heavy atom. The van der Waals surface area contributed by atoms with Crippen LogP contribution in [0.15, 0.2) is 78.9 Å². The summed E-state index contributed by atoms with van der Waals surface area (Å²) in [6, 6.07) is 26.1. The summed E-state index contributed by atoms with van der Waals surface area (Å²) in [6.45, 7) is 2.09. The third kappa shape index (κ3) is 2.63. The number of aromatic hydroxyl groups is 1. The molecule has 0 saturated heterocycles. The number of fused-ring (bicyclic) bond motifs is 1. The summed E-state index contributed by atoms with van der Waals surface area (Å²) in [5.74, 6) is 0.262. The number of rotatable bonds is 2. The van der Waals surface area contributed by atoms with Gasteiger partial charge in [-0.15, -0.1) is 0 Å². The highest BCUT2D eigenvalue weighted by atomic mass is 16.3. The molecule has 4 rings (SSSR count). The van der Waals surface area contributed by atoms with Crippen molar-refractivity contribution in [3.05, 3.63) is 84.4 Å². The number of benzene rings is 3. The lowest BCUT2D eigenvalue weighted by Crippen LogP contribution is -1.90. The first-order valence-electron chi connectivity index (χ1n) is 7.97. The molecule has 0 atom stereocenters. The van der Waals surface area contributed by atoms with Crippen LogP contribution < -0.4 is 0 Å². The van der Waals surface area contributed by atoms with Gasteiger partial charge in [0.1, 0.15) is 5.75 Å². The molecule has 116 valence electrons. The van der Waals surface area contributed by atoms with Crippen LogP contribution in [-0.4, -0.2) is 10.1 Å². The van der Waals surface area contributed by atoms with Crippen LogP contribution in [0.2, 0.25) is 0 Å². The Kier molecular flexibility index (Phi) is 3.51. The van der Waals surface area contributed by atoms with Crippen LogP contribution in [0.5, 0.6) is 5.75 Å². The van der Waals surface area contributed by atoms with E-state index in [4.69, 9.17) is 4.98 Å². The van der Waals surface area contributed by atoms with E-state index < -0.39 is 0 Å². The Balaban J connectivity index is 1.97. The third-order valence-corrected chi connectivity index (χ3v) is 4.24. The van der Waals surface area contributed by atoms with E-state index in [1.165, 1.54) is 16.7 Å². The molecule has 2 heteroatoms. The SMILES string of the molecule is Cc1ccc(-c2cc(-c3ccc(O)cc3)nc3ccccc23)cc1. The van der Waals surface area contributed by atoms with E-state index in [0.29, 0.717) is 0 Å². The summed E-state index contributed by atoms with van der Waals surface area (Å²) in [7, 11) is 0. The number of aryl methyl sites for hydroxylation is 1. The molecule has 0 radical (unpaired) electrons. The maximum absolute atomic E-state index is 9.51. The number of nitrogens with zero attached hydrogens (tertiary/aromatic N) is 1. The summed E-state index contributed by atoms with van der Waals surface area (Å²) in [6.07, 6.45) is 0. The average Bonchev–Trinajstić information content (AvgIpc) is 2.62. The first-order chi connectivity index (χ1) is 11.7. The van der Waals surface area contributed by atoms with Gasteiger partial charge in [-0.05, 0) is 54.4 Å². The van der Waals surface area contributed by atoms with Crippen molar-refractivity contribution in [2.45, 2.75) is 6.92 Å². The van der Waals surface area contributed by atoms with E-state index in [1.54, 1.807) is 12.1 Å². The lowest BCUT2D eigenvalue weighted by molar-refractivity contribution is 0.475.